The van der Waals surface area contributed by atoms with Gasteiger partial charge in [-0.15, -0.1) is 0 Å². The monoisotopic (exact) mass is 275 g/mol. The van der Waals surface area contributed by atoms with Crippen LogP contribution >= 0.6 is 0 Å². The normalized spacial score (nSPS) is 11.2. The van der Waals surface area contributed by atoms with Gasteiger partial charge in [0.25, 0.3) is 0 Å². The van der Waals surface area contributed by atoms with Crippen LogP contribution in [0.25, 0.3) is 0 Å². The molecule has 0 atom stereocenters. The Labute approximate surface area is 120 Å². The Morgan fingerprint density at radius 3 is 2.55 bits per heavy atom. The van der Waals surface area contributed by atoms with E-state index in [-0.39, 0.29) is 0 Å². The Morgan fingerprint density at radius 1 is 1.20 bits per heavy atom. The van der Waals surface area contributed by atoms with E-state index in [0.717, 1.165) is 32.2 Å². The van der Waals surface area contributed by atoms with Crippen LogP contribution in [-0.4, -0.2) is 26.1 Å². The molecule has 0 radical (unpaired) electrons. The quantitative estimate of drug-likeness (QED) is 0.832. The SMILES string of the molecule is CCc1nn(CCc2ccnn2C)c(CC)c1CCN. The van der Waals surface area contributed by atoms with Gasteiger partial charge in [-0.2, -0.15) is 10.2 Å². The van der Waals surface area contributed by atoms with E-state index in [0.29, 0.717) is 6.54 Å². The molecule has 0 saturated carbocycles. The summed E-state index contributed by atoms with van der Waals surface area (Å²) in [5.74, 6) is 0. The Morgan fingerprint density at radius 2 is 2.00 bits per heavy atom. The van der Waals surface area contributed by atoms with Crippen molar-refractivity contribution in [1.29, 1.82) is 0 Å². The Hall–Kier alpha value is -1.62. The van der Waals surface area contributed by atoms with Crippen LogP contribution in [0.4, 0.5) is 0 Å². The van der Waals surface area contributed by atoms with Crippen molar-refractivity contribution >= 4 is 0 Å². The lowest BCUT2D eigenvalue weighted by molar-refractivity contribution is 0.560. The zero-order valence-corrected chi connectivity index (χ0v) is 12.8. The van der Waals surface area contributed by atoms with Gasteiger partial charge in [-0.05, 0) is 37.4 Å². The van der Waals surface area contributed by atoms with E-state index in [1.165, 1.54) is 22.6 Å². The van der Waals surface area contributed by atoms with E-state index < -0.39 is 0 Å². The van der Waals surface area contributed by atoms with Crippen LogP contribution < -0.4 is 5.73 Å². The first kappa shape index (κ1) is 14.8. The van der Waals surface area contributed by atoms with Gasteiger partial charge in [0, 0.05) is 37.6 Å². The van der Waals surface area contributed by atoms with Gasteiger partial charge in [-0.25, -0.2) is 0 Å². The molecule has 0 saturated heterocycles. The summed E-state index contributed by atoms with van der Waals surface area (Å²) in [7, 11) is 1.98. The van der Waals surface area contributed by atoms with Gasteiger partial charge in [0.05, 0.1) is 5.69 Å². The predicted octanol–water partition coefficient (Wildman–Crippen LogP) is 1.49. The second kappa shape index (κ2) is 6.70. The Bertz CT molecular complexity index is 553. The van der Waals surface area contributed by atoms with Crippen LogP contribution in [0.3, 0.4) is 0 Å². The zero-order valence-electron chi connectivity index (χ0n) is 12.8. The van der Waals surface area contributed by atoms with Crippen molar-refractivity contribution in [2.75, 3.05) is 6.54 Å². The van der Waals surface area contributed by atoms with Gasteiger partial charge in [-0.3, -0.25) is 9.36 Å². The van der Waals surface area contributed by atoms with Gasteiger partial charge in [0.1, 0.15) is 0 Å². The fourth-order valence-corrected chi connectivity index (χ4v) is 2.75. The van der Waals surface area contributed by atoms with Crippen molar-refractivity contribution in [2.45, 2.75) is 46.1 Å². The van der Waals surface area contributed by atoms with Gasteiger partial charge >= 0.3 is 0 Å². The molecule has 0 unspecified atom stereocenters. The first-order valence-corrected chi connectivity index (χ1v) is 7.45. The predicted molar refractivity (Wildman–Crippen MR) is 80.7 cm³/mol. The molecule has 0 spiro atoms. The lowest BCUT2D eigenvalue weighted by atomic mass is 10.1. The first-order chi connectivity index (χ1) is 9.71. The molecule has 20 heavy (non-hydrogen) atoms. The van der Waals surface area contributed by atoms with Crippen LogP contribution in [0.1, 0.15) is 36.5 Å². The largest absolute Gasteiger partial charge is 0.330 e. The summed E-state index contributed by atoms with van der Waals surface area (Å²) in [6, 6.07) is 2.07. The summed E-state index contributed by atoms with van der Waals surface area (Å²) in [5, 5.41) is 8.99. The summed E-state index contributed by atoms with van der Waals surface area (Å²) in [6.07, 6.45) is 5.71. The molecule has 110 valence electrons. The van der Waals surface area contributed by atoms with Crippen molar-refractivity contribution < 1.29 is 0 Å². The number of hydrogen-bond donors (Lipinski definition) is 1. The van der Waals surface area contributed by atoms with E-state index in [1.54, 1.807) is 0 Å². The summed E-state index contributed by atoms with van der Waals surface area (Å²) >= 11 is 0. The molecule has 2 aromatic rings. The average Bonchev–Trinajstić information content (AvgIpc) is 3.00. The molecule has 2 rings (SSSR count). The number of rotatable bonds is 7. The molecular formula is C15H25N5. The minimum atomic E-state index is 0.688. The Balaban J connectivity index is 2.20. The molecule has 0 fully saturated rings. The number of nitrogens with two attached hydrogens (primary N) is 1. The van der Waals surface area contributed by atoms with Crippen LogP contribution in [-0.2, 0) is 39.3 Å². The lowest BCUT2D eigenvalue weighted by Crippen LogP contribution is -2.11. The third-order valence-electron chi connectivity index (χ3n) is 3.82. The van der Waals surface area contributed by atoms with Crippen LogP contribution in [0, 0.1) is 0 Å². The first-order valence-electron chi connectivity index (χ1n) is 7.45. The van der Waals surface area contributed by atoms with E-state index >= 15 is 0 Å². The highest BCUT2D eigenvalue weighted by atomic mass is 15.3. The molecule has 2 aromatic heterocycles. The second-order valence-corrected chi connectivity index (χ2v) is 5.04. The summed E-state index contributed by atoms with van der Waals surface area (Å²) in [4.78, 5) is 0. The molecule has 0 amide bonds. The summed E-state index contributed by atoms with van der Waals surface area (Å²) in [5.41, 5.74) is 10.9. The standard InChI is InChI=1S/C15H25N5/c1-4-14-13(6-9-16)15(5-2)20(18-14)11-8-12-7-10-17-19(12)3/h7,10H,4-6,8-9,11,16H2,1-3H3. The van der Waals surface area contributed by atoms with Gasteiger partial charge in [0.2, 0.25) is 0 Å². The third kappa shape index (κ3) is 2.93. The number of aryl methyl sites for hydroxylation is 4. The smallest absolute Gasteiger partial charge is 0.0657 e. The molecule has 2 N–H and O–H groups in total. The van der Waals surface area contributed by atoms with E-state index in [1.807, 2.05) is 17.9 Å². The molecule has 0 aliphatic rings. The maximum Gasteiger partial charge on any atom is 0.0657 e. The van der Waals surface area contributed by atoms with Crippen molar-refractivity contribution in [3.63, 3.8) is 0 Å². The van der Waals surface area contributed by atoms with Crippen LogP contribution in [0.5, 0.6) is 0 Å². The van der Waals surface area contributed by atoms with Crippen molar-refractivity contribution in [2.24, 2.45) is 12.8 Å². The van der Waals surface area contributed by atoms with E-state index in [9.17, 15) is 0 Å². The molecule has 5 nitrogen and oxygen atoms in total. The third-order valence-corrected chi connectivity index (χ3v) is 3.82. The maximum absolute atomic E-state index is 5.74. The maximum atomic E-state index is 5.74. The number of aromatic nitrogens is 4. The van der Waals surface area contributed by atoms with E-state index in [4.69, 9.17) is 10.8 Å². The average molecular weight is 275 g/mol. The molecule has 5 heteroatoms. The van der Waals surface area contributed by atoms with E-state index in [2.05, 4.69) is 29.7 Å². The Kier molecular flexibility index (Phi) is 4.95. The second-order valence-electron chi connectivity index (χ2n) is 5.04. The molecular weight excluding hydrogens is 250 g/mol. The zero-order chi connectivity index (χ0) is 14.5. The van der Waals surface area contributed by atoms with Crippen molar-refractivity contribution in [3.8, 4) is 0 Å². The van der Waals surface area contributed by atoms with Crippen LogP contribution in [0.15, 0.2) is 12.3 Å². The highest BCUT2D eigenvalue weighted by Gasteiger charge is 2.14. The molecule has 0 aliphatic carbocycles. The van der Waals surface area contributed by atoms with Crippen LogP contribution in [0.2, 0.25) is 0 Å². The highest BCUT2D eigenvalue weighted by Crippen LogP contribution is 2.17. The van der Waals surface area contributed by atoms with Crippen molar-refractivity contribution in [1.82, 2.24) is 19.6 Å². The fourth-order valence-electron chi connectivity index (χ4n) is 2.75. The highest BCUT2D eigenvalue weighted by molar-refractivity contribution is 5.27. The number of hydrogen-bond acceptors (Lipinski definition) is 3. The topological polar surface area (TPSA) is 61.7 Å². The minimum absolute atomic E-state index is 0.688. The molecule has 0 aliphatic heterocycles. The summed E-state index contributed by atoms with van der Waals surface area (Å²) in [6.45, 7) is 5.94. The van der Waals surface area contributed by atoms with Crippen molar-refractivity contribution in [3.05, 3.63) is 34.9 Å². The fraction of sp³-hybridized carbons (Fsp3) is 0.600. The lowest BCUT2D eigenvalue weighted by Gasteiger charge is -2.08. The molecule has 0 aromatic carbocycles. The van der Waals surface area contributed by atoms with Gasteiger partial charge in [-0.1, -0.05) is 13.8 Å². The van der Waals surface area contributed by atoms with Gasteiger partial charge in [0.15, 0.2) is 0 Å². The summed E-state index contributed by atoms with van der Waals surface area (Å²) < 4.78 is 4.09. The number of nitrogens with zero attached hydrogens (tertiary/aromatic N) is 4. The molecule has 0 bridgehead atoms. The minimum Gasteiger partial charge on any atom is -0.330 e. The van der Waals surface area contributed by atoms with Gasteiger partial charge < -0.3 is 5.73 Å². The molecule has 2 heterocycles.